The lowest BCUT2D eigenvalue weighted by molar-refractivity contribution is 0.0163. The molecular formula is C27H29F2N7O2. The molecule has 0 bridgehead atoms. The van der Waals surface area contributed by atoms with E-state index in [-0.39, 0.29) is 29.0 Å². The molecule has 3 aromatic heterocycles. The topological polar surface area (TPSA) is 99.5 Å². The molecule has 1 aromatic carbocycles. The summed E-state index contributed by atoms with van der Waals surface area (Å²) in [7, 11) is 0. The number of imidazole rings is 1. The Kier molecular flexibility index (Phi) is 6.46. The number of hydrogen-bond donors (Lipinski definition) is 1. The number of rotatable bonds is 5. The molecule has 0 spiro atoms. The second-order valence-corrected chi connectivity index (χ2v) is 10.4. The van der Waals surface area contributed by atoms with E-state index in [0.29, 0.717) is 42.2 Å². The van der Waals surface area contributed by atoms with Crippen molar-refractivity contribution in [3.8, 4) is 11.3 Å². The van der Waals surface area contributed by atoms with Gasteiger partial charge in [0.25, 0.3) is 18.2 Å². The average molecular weight is 522 g/mol. The van der Waals surface area contributed by atoms with Crippen molar-refractivity contribution < 1.29 is 18.4 Å². The summed E-state index contributed by atoms with van der Waals surface area (Å²) in [4.78, 5) is 34.6. The SMILES string of the molecule is CC(C)c1cc(-c2ccc(C(F)F)cc2)nn2cc(C(=O)N3CCN(C(=O)c4ccn[nH]4)CC3(C)C)nc12. The van der Waals surface area contributed by atoms with Gasteiger partial charge in [-0.25, -0.2) is 18.3 Å². The van der Waals surface area contributed by atoms with Crippen LogP contribution in [0.5, 0.6) is 0 Å². The first-order valence-electron chi connectivity index (χ1n) is 12.4. The molecule has 1 aliphatic rings. The van der Waals surface area contributed by atoms with Crippen LogP contribution in [0.1, 0.15) is 72.1 Å². The van der Waals surface area contributed by atoms with Crippen LogP contribution in [0.3, 0.4) is 0 Å². The minimum absolute atomic E-state index is 0.0524. The Morgan fingerprint density at radius 1 is 1.05 bits per heavy atom. The van der Waals surface area contributed by atoms with Crippen molar-refractivity contribution in [1.82, 2.24) is 34.6 Å². The fourth-order valence-electron chi connectivity index (χ4n) is 4.86. The Morgan fingerprint density at radius 3 is 2.39 bits per heavy atom. The number of amides is 2. The van der Waals surface area contributed by atoms with Gasteiger partial charge in [0.1, 0.15) is 11.4 Å². The van der Waals surface area contributed by atoms with Crippen LogP contribution in [-0.4, -0.2) is 71.6 Å². The lowest BCUT2D eigenvalue weighted by Crippen LogP contribution is -2.62. The van der Waals surface area contributed by atoms with Gasteiger partial charge in [-0.05, 0) is 31.9 Å². The first-order valence-corrected chi connectivity index (χ1v) is 12.4. The second-order valence-electron chi connectivity index (χ2n) is 10.4. The Labute approximate surface area is 218 Å². The number of carbonyl (C=O) groups excluding carboxylic acids is 2. The highest BCUT2D eigenvalue weighted by molar-refractivity contribution is 5.95. The molecular weight excluding hydrogens is 492 g/mol. The van der Waals surface area contributed by atoms with Crippen LogP contribution in [0, 0.1) is 0 Å². The van der Waals surface area contributed by atoms with Gasteiger partial charge in [0.2, 0.25) is 0 Å². The zero-order valence-corrected chi connectivity index (χ0v) is 21.7. The van der Waals surface area contributed by atoms with E-state index in [1.807, 2.05) is 33.8 Å². The van der Waals surface area contributed by atoms with Gasteiger partial charge in [0, 0.05) is 42.5 Å². The lowest BCUT2D eigenvalue weighted by atomic mass is 9.98. The van der Waals surface area contributed by atoms with E-state index in [4.69, 9.17) is 0 Å². The highest BCUT2D eigenvalue weighted by Gasteiger charge is 2.40. The van der Waals surface area contributed by atoms with E-state index < -0.39 is 12.0 Å². The lowest BCUT2D eigenvalue weighted by Gasteiger charge is -2.46. The average Bonchev–Trinajstić information content (AvgIpc) is 3.57. The predicted octanol–water partition coefficient (Wildman–Crippen LogP) is 4.56. The molecule has 0 unspecified atom stereocenters. The van der Waals surface area contributed by atoms with E-state index >= 15 is 0 Å². The highest BCUT2D eigenvalue weighted by atomic mass is 19.3. The molecule has 0 atom stereocenters. The first-order chi connectivity index (χ1) is 18.0. The summed E-state index contributed by atoms with van der Waals surface area (Å²) in [6, 6.07) is 9.54. The van der Waals surface area contributed by atoms with Crippen molar-refractivity contribution in [3.63, 3.8) is 0 Å². The molecule has 4 aromatic rings. The van der Waals surface area contributed by atoms with Crippen molar-refractivity contribution in [2.75, 3.05) is 19.6 Å². The Balaban J connectivity index is 1.44. The standard InChI is InChI=1S/C27H29F2N7O2/c1-16(2)19-13-21(17-5-7-18(8-6-17)23(28)29)33-36-14-22(31-24(19)36)26(38)35-12-11-34(15-27(35,3)4)25(37)20-9-10-30-32-20/h5-10,13-14,16,23H,11-12,15H2,1-4H3,(H,30,32). The van der Waals surface area contributed by atoms with Crippen LogP contribution in [0.2, 0.25) is 0 Å². The minimum Gasteiger partial charge on any atom is -0.333 e. The molecule has 1 saturated heterocycles. The van der Waals surface area contributed by atoms with Crippen molar-refractivity contribution in [1.29, 1.82) is 0 Å². The molecule has 0 saturated carbocycles. The molecule has 1 aliphatic heterocycles. The van der Waals surface area contributed by atoms with E-state index in [2.05, 4.69) is 20.3 Å². The molecule has 11 heteroatoms. The first kappa shape index (κ1) is 25.5. The number of aromatic nitrogens is 5. The van der Waals surface area contributed by atoms with Gasteiger partial charge in [-0.1, -0.05) is 38.1 Å². The number of H-pyrrole nitrogens is 1. The maximum absolute atomic E-state index is 13.7. The summed E-state index contributed by atoms with van der Waals surface area (Å²) >= 11 is 0. The van der Waals surface area contributed by atoms with Gasteiger partial charge in [-0.2, -0.15) is 10.2 Å². The molecule has 4 heterocycles. The molecule has 9 nitrogen and oxygen atoms in total. The van der Waals surface area contributed by atoms with Crippen LogP contribution < -0.4 is 0 Å². The Morgan fingerprint density at radius 2 is 1.79 bits per heavy atom. The number of aromatic amines is 1. The summed E-state index contributed by atoms with van der Waals surface area (Å²) in [5, 5.41) is 11.2. The summed E-state index contributed by atoms with van der Waals surface area (Å²) in [5.41, 5.74) is 2.74. The molecule has 0 radical (unpaired) electrons. The van der Waals surface area contributed by atoms with Crippen molar-refractivity contribution in [2.45, 2.75) is 45.6 Å². The zero-order chi connectivity index (χ0) is 27.2. The number of nitrogens with one attached hydrogen (secondary N) is 1. The summed E-state index contributed by atoms with van der Waals surface area (Å²) in [6.45, 7) is 8.99. The number of hydrogen-bond acceptors (Lipinski definition) is 5. The molecule has 198 valence electrons. The van der Waals surface area contributed by atoms with Crippen LogP contribution in [0.25, 0.3) is 16.9 Å². The number of alkyl halides is 2. The summed E-state index contributed by atoms with van der Waals surface area (Å²) < 4.78 is 27.6. The molecule has 2 amide bonds. The Bertz CT molecular complexity index is 1480. The van der Waals surface area contributed by atoms with Gasteiger partial charge >= 0.3 is 0 Å². The fourth-order valence-corrected chi connectivity index (χ4v) is 4.86. The van der Waals surface area contributed by atoms with Crippen LogP contribution >= 0.6 is 0 Å². The third-order valence-corrected chi connectivity index (χ3v) is 6.92. The molecule has 1 fully saturated rings. The van der Waals surface area contributed by atoms with Gasteiger partial charge in [-0.15, -0.1) is 0 Å². The van der Waals surface area contributed by atoms with Crippen molar-refractivity contribution >= 4 is 17.5 Å². The third kappa shape index (κ3) is 4.64. The molecule has 0 aliphatic carbocycles. The number of carbonyl (C=O) groups is 2. The number of fused-ring (bicyclic) bond motifs is 1. The number of benzene rings is 1. The van der Waals surface area contributed by atoms with Crippen LogP contribution in [0.4, 0.5) is 8.78 Å². The quantitative estimate of drug-likeness (QED) is 0.415. The van der Waals surface area contributed by atoms with Gasteiger partial charge in [0.05, 0.1) is 17.4 Å². The van der Waals surface area contributed by atoms with Crippen LogP contribution in [0.15, 0.2) is 48.8 Å². The maximum Gasteiger partial charge on any atom is 0.274 e. The number of piperazine rings is 1. The summed E-state index contributed by atoms with van der Waals surface area (Å²) in [5.74, 6) is -0.319. The number of nitrogens with zero attached hydrogens (tertiary/aromatic N) is 6. The zero-order valence-electron chi connectivity index (χ0n) is 21.7. The molecule has 38 heavy (non-hydrogen) atoms. The van der Waals surface area contributed by atoms with Gasteiger partial charge in [-0.3, -0.25) is 14.7 Å². The molecule has 1 N–H and O–H groups in total. The predicted molar refractivity (Wildman–Crippen MR) is 137 cm³/mol. The summed E-state index contributed by atoms with van der Waals surface area (Å²) in [6.07, 6.45) is 0.603. The monoisotopic (exact) mass is 521 g/mol. The largest absolute Gasteiger partial charge is 0.333 e. The van der Waals surface area contributed by atoms with Gasteiger partial charge < -0.3 is 9.80 Å². The van der Waals surface area contributed by atoms with E-state index in [1.165, 1.54) is 18.3 Å². The van der Waals surface area contributed by atoms with E-state index in [0.717, 1.165) is 5.56 Å². The fraction of sp³-hybridized carbons (Fsp3) is 0.370. The van der Waals surface area contributed by atoms with Crippen molar-refractivity contribution in [3.05, 3.63) is 71.3 Å². The van der Waals surface area contributed by atoms with E-state index in [1.54, 1.807) is 38.7 Å². The maximum atomic E-state index is 13.7. The minimum atomic E-state index is -2.54. The molecule has 5 rings (SSSR count). The van der Waals surface area contributed by atoms with Crippen molar-refractivity contribution in [2.24, 2.45) is 0 Å². The Hall–Kier alpha value is -4.15. The third-order valence-electron chi connectivity index (χ3n) is 6.92. The van der Waals surface area contributed by atoms with Gasteiger partial charge in [0.15, 0.2) is 5.65 Å². The normalized spacial score (nSPS) is 15.6. The van der Waals surface area contributed by atoms with Crippen LogP contribution in [-0.2, 0) is 0 Å². The number of halogens is 2. The van der Waals surface area contributed by atoms with E-state index in [9.17, 15) is 18.4 Å². The highest BCUT2D eigenvalue weighted by Crippen LogP contribution is 2.29. The second kappa shape index (κ2) is 9.62. The smallest absolute Gasteiger partial charge is 0.274 e.